The normalized spacial score (nSPS) is 11.9. The molecule has 8 heteroatoms. The maximum atomic E-state index is 11.7. The molecule has 0 saturated heterocycles. The van der Waals surface area contributed by atoms with Gasteiger partial charge in [-0.2, -0.15) is 0 Å². The maximum absolute atomic E-state index is 11.7. The number of methoxy groups -OCH3 is 1. The molecule has 0 aliphatic heterocycles. The van der Waals surface area contributed by atoms with E-state index in [0.29, 0.717) is 26.0 Å². The van der Waals surface area contributed by atoms with E-state index in [1.165, 1.54) is 11.3 Å². The lowest BCUT2D eigenvalue weighted by Crippen LogP contribution is -2.45. The highest BCUT2D eigenvalue weighted by molar-refractivity contribution is 9.10. The number of thiophene rings is 1. The molecule has 1 aromatic heterocycles. The van der Waals surface area contributed by atoms with E-state index < -0.39 is 18.0 Å². The summed E-state index contributed by atoms with van der Waals surface area (Å²) in [4.78, 5) is 23.7. The van der Waals surface area contributed by atoms with Crippen molar-refractivity contribution in [2.75, 3.05) is 13.7 Å². The first kappa shape index (κ1) is 16.9. The van der Waals surface area contributed by atoms with Crippen LogP contribution in [0.5, 0.6) is 0 Å². The Hall–Kier alpha value is -1.12. The minimum absolute atomic E-state index is 0.333. The zero-order valence-corrected chi connectivity index (χ0v) is 13.4. The Morgan fingerprint density at radius 1 is 1.55 bits per heavy atom. The number of urea groups is 1. The number of carbonyl (C=O) groups is 2. The van der Waals surface area contributed by atoms with Crippen LogP contribution in [0, 0.1) is 0 Å². The topological polar surface area (TPSA) is 87.7 Å². The van der Waals surface area contributed by atoms with E-state index in [4.69, 9.17) is 9.84 Å². The number of amides is 2. The SMILES string of the molecule is COCCCC(NC(=O)NCc1sccc1Br)C(=O)O. The van der Waals surface area contributed by atoms with Gasteiger partial charge in [-0.3, -0.25) is 0 Å². The number of rotatable bonds is 8. The number of nitrogens with one attached hydrogen (secondary N) is 2. The van der Waals surface area contributed by atoms with Crippen LogP contribution >= 0.6 is 27.3 Å². The number of ether oxygens (including phenoxy) is 1. The highest BCUT2D eigenvalue weighted by Gasteiger charge is 2.19. The molecule has 3 N–H and O–H groups in total. The van der Waals surface area contributed by atoms with E-state index >= 15 is 0 Å². The minimum atomic E-state index is -1.05. The molecule has 0 saturated carbocycles. The molecular weight excluding hydrogens is 348 g/mol. The van der Waals surface area contributed by atoms with Gasteiger partial charge in [-0.15, -0.1) is 11.3 Å². The van der Waals surface area contributed by atoms with Crippen molar-refractivity contribution in [1.82, 2.24) is 10.6 Å². The van der Waals surface area contributed by atoms with Crippen LogP contribution in [-0.4, -0.2) is 36.9 Å². The monoisotopic (exact) mass is 364 g/mol. The summed E-state index contributed by atoms with van der Waals surface area (Å²) in [6.45, 7) is 0.823. The van der Waals surface area contributed by atoms with Crippen molar-refractivity contribution in [2.24, 2.45) is 0 Å². The van der Waals surface area contributed by atoms with Crippen molar-refractivity contribution in [3.8, 4) is 0 Å². The summed E-state index contributed by atoms with van der Waals surface area (Å²) in [6, 6.07) is 0.497. The van der Waals surface area contributed by atoms with E-state index in [9.17, 15) is 9.59 Å². The molecule has 0 fully saturated rings. The largest absolute Gasteiger partial charge is 0.480 e. The molecule has 0 bridgehead atoms. The van der Waals surface area contributed by atoms with Crippen molar-refractivity contribution >= 4 is 39.3 Å². The molecule has 0 spiro atoms. The molecule has 20 heavy (non-hydrogen) atoms. The molecule has 0 radical (unpaired) electrons. The molecule has 0 aromatic carbocycles. The Labute approximate surface area is 129 Å². The highest BCUT2D eigenvalue weighted by atomic mass is 79.9. The van der Waals surface area contributed by atoms with E-state index in [-0.39, 0.29) is 0 Å². The number of aliphatic carboxylic acids is 1. The van der Waals surface area contributed by atoms with Crippen LogP contribution in [0.25, 0.3) is 0 Å². The number of carboxylic acid groups (broad SMARTS) is 1. The Morgan fingerprint density at radius 2 is 2.30 bits per heavy atom. The van der Waals surface area contributed by atoms with Gasteiger partial charge in [0.15, 0.2) is 0 Å². The first-order valence-electron chi connectivity index (χ1n) is 6.02. The first-order valence-corrected chi connectivity index (χ1v) is 7.69. The summed E-state index contributed by atoms with van der Waals surface area (Å²) in [5.41, 5.74) is 0. The molecule has 1 atom stereocenters. The van der Waals surface area contributed by atoms with E-state index in [2.05, 4.69) is 26.6 Å². The third-order valence-electron chi connectivity index (χ3n) is 2.55. The maximum Gasteiger partial charge on any atom is 0.326 e. The first-order chi connectivity index (χ1) is 9.54. The van der Waals surface area contributed by atoms with Gasteiger partial charge in [0.05, 0.1) is 6.54 Å². The van der Waals surface area contributed by atoms with Gasteiger partial charge in [0, 0.05) is 23.1 Å². The lowest BCUT2D eigenvalue weighted by molar-refractivity contribution is -0.139. The number of hydrogen-bond donors (Lipinski definition) is 3. The second kappa shape index (κ2) is 8.93. The van der Waals surface area contributed by atoms with Crippen LogP contribution in [0.3, 0.4) is 0 Å². The molecule has 0 aliphatic carbocycles. The van der Waals surface area contributed by atoms with Gasteiger partial charge in [0.2, 0.25) is 0 Å². The predicted octanol–water partition coefficient (Wildman–Crippen LogP) is 2.19. The summed E-state index contributed by atoms with van der Waals surface area (Å²) in [6.07, 6.45) is 0.906. The van der Waals surface area contributed by atoms with Crippen LogP contribution in [0.4, 0.5) is 4.79 Å². The van der Waals surface area contributed by atoms with Gasteiger partial charge in [-0.1, -0.05) is 0 Å². The molecule has 1 aromatic rings. The lowest BCUT2D eigenvalue weighted by atomic mass is 10.1. The number of hydrogen-bond acceptors (Lipinski definition) is 4. The number of carbonyl (C=O) groups excluding carboxylic acids is 1. The van der Waals surface area contributed by atoms with Gasteiger partial charge in [0.1, 0.15) is 6.04 Å². The summed E-state index contributed by atoms with van der Waals surface area (Å²) in [5.74, 6) is -1.05. The molecule has 1 heterocycles. The molecule has 1 rings (SSSR count). The van der Waals surface area contributed by atoms with Crippen molar-refractivity contribution < 1.29 is 19.4 Å². The van der Waals surface area contributed by atoms with Gasteiger partial charge in [0.25, 0.3) is 0 Å². The summed E-state index contributed by atoms with van der Waals surface area (Å²) < 4.78 is 5.79. The molecular formula is C12H17BrN2O4S. The zero-order valence-electron chi connectivity index (χ0n) is 11.0. The van der Waals surface area contributed by atoms with Gasteiger partial charge >= 0.3 is 12.0 Å². The molecule has 6 nitrogen and oxygen atoms in total. The van der Waals surface area contributed by atoms with Crippen molar-refractivity contribution in [1.29, 1.82) is 0 Å². The average Bonchev–Trinajstić information content (AvgIpc) is 2.81. The fourth-order valence-corrected chi connectivity index (χ4v) is 2.94. The quantitative estimate of drug-likeness (QED) is 0.617. The van der Waals surface area contributed by atoms with Crippen LogP contribution in [0.1, 0.15) is 17.7 Å². The Balaban J connectivity index is 2.38. The van der Waals surface area contributed by atoms with Crippen molar-refractivity contribution in [3.63, 3.8) is 0 Å². The van der Waals surface area contributed by atoms with Gasteiger partial charge < -0.3 is 20.5 Å². The van der Waals surface area contributed by atoms with E-state index in [1.54, 1.807) is 7.11 Å². The fraction of sp³-hybridized carbons (Fsp3) is 0.500. The Morgan fingerprint density at radius 3 is 2.85 bits per heavy atom. The van der Waals surface area contributed by atoms with Gasteiger partial charge in [-0.05, 0) is 40.2 Å². The average molecular weight is 365 g/mol. The lowest BCUT2D eigenvalue weighted by Gasteiger charge is -2.14. The van der Waals surface area contributed by atoms with E-state index in [1.807, 2.05) is 11.4 Å². The number of carboxylic acids is 1. The second-order valence-corrected chi connectivity index (χ2v) is 5.90. The molecule has 112 valence electrons. The third-order valence-corrected chi connectivity index (χ3v) is 4.47. The molecule has 1 unspecified atom stereocenters. The van der Waals surface area contributed by atoms with Crippen molar-refractivity contribution in [2.45, 2.75) is 25.4 Å². The zero-order chi connectivity index (χ0) is 15.0. The predicted molar refractivity (Wildman–Crippen MR) is 79.9 cm³/mol. The van der Waals surface area contributed by atoms with Crippen LogP contribution in [0.2, 0.25) is 0 Å². The number of halogens is 1. The fourth-order valence-electron chi connectivity index (χ4n) is 1.51. The summed E-state index contributed by atoms with van der Waals surface area (Å²) in [7, 11) is 1.55. The Bertz CT molecular complexity index is 452. The van der Waals surface area contributed by atoms with Crippen LogP contribution in [-0.2, 0) is 16.1 Å². The summed E-state index contributed by atoms with van der Waals surface area (Å²) in [5, 5.41) is 16.0. The third kappa shape index (κ3) is 5.89. The van der Waals surface area contributed by atoms with Gasteiger partial charge in [-0.25, -0.2) is 9.59 Å². The van der Waals surface area contributed by atoms with Crippen LogP contribution in [0.15, 0.2) is 15.9 Å². The van der Waals surface area contributed by atoms with E-state index in [0.717, 1.165) is 9.35 Å². The standard InChI is InChI=1S/C12H17BrN2O4S/c1-19-5-2-3-9(11(16)17)15-12(18)14-7-10-8(13)4-6-20-10/h4,6,9H,2-3,5,7H2,1H3,(H,16,17)(H2,14,15,18). The highest BCUT2D eigenvalue weighted by Crippen LogP contribution is 2.21. The van der Waals surface area contributed by atoms with Crippen molar-refractivity contribution in [3.05, 3.63) is 20.8 Å². The summed E-state index contributed by atoms with van der Waals surface area (Å²) >= 11 is 4.87. The molecule has 2 amide bonds. The molecule has 0 aliphatic rings. The van der Waals surface area contributed by atoms with Crippen LogP contribution < -0.4 is 10.6 Å². The second-order valence-electron chi connectivity index (χ2n) is 4.04. The Kier molecular flexibility index (Phi) is 7.56. The smallest absolute Gasteiger partial charge is 0.326 e. The minimum Gasteiger partial charge on any atom is -0.480 e.